The predicted octanol–water partition coefficient (Wildman–Crippen LogP) is 3.08. The summed E-state index contributed by atoms with van der Waals surface area (Å²) in [7, 11) is 0. The molecular formula is C24H39N3O5. The van der Waals surface area contributed by atoms with Crippen LogP contribution in [0.15, 0.2) is 24.3 Å². The van der Waals surface area contributed by atoms with Crippen molar-refractivity contribution in [2.45, 2.75) is 78.5 Å². The van der Waals surface area contributed by atoms with Crippen LogP contribution in [0.4, 0.5) is 4.79 Å². The van der Waals surface area contributed by atoms with Crippen molar-refractivity contribution in [3.63, 3.8) is 0 Å². The van der Waals surface area contributed by atoms with E-state index in [1.54, 1.807) is 20.8 Å². The molecule has 0 spiro atoms. The van der Waals surface area contributed by atoms with E-state index in [2.05, 4.69) is 10.6 Å². The molecule has 0 aliphatic carbocycles. The molecule has 2 atom stereocenters. The number of hydrogen-bond donors (Lipinski definition) is 3. The molecule has 0 saturated heterocycles. The number of nitrogens with one attached hydrogen (secondary N) is 2. The van der Waals surface area contributed by atoms with Gasteiger partial charge in [-0.25, -0.2) is 4.79 Å². The van der Waals surface area contributed by atoms with Crippen molar-refractivity contribution in [2.24, 2.45) is 0 Å². The highest BCUT2D eigenvalue weighted by Crippen LogP contribution is 2.23. The number of rotatable bonds is 11. The number of aryl methyl sites for hydroxylation is 1. The highest BCUT2D eigenvalue weighted by atomic mass is 16.6. The summed E-state index contributed by atoms with van der Waals surface area (Å²) < 4.78 is 5.22. The van der Waals surface area contributed by atoms with Gasteiger partial charge in [-0.3, -0.25) is 9.59 Å². The molecule has 8 heteroatoms. The zero-order valence-electron chi connectivity index (χ0n) is 20.2. The molecule has 1 aromatic carbocycles. The average molecular weight is 450 g/mol. The van der Waals surface area contributed by atoms with Crippen molar-refractivity contribution in [1.29, 1.82) is 0 Å². The molecule has 8 nitrogen and oxygen atoms in total. The molecule has 0 saturated carbocycles. The minimum atomic E-state index is -1.23. The molecule has 2 unspecified atom stereocenters. The van der Waals surface area contributed by atoms with Crippen LogP contribution in [0, 0.1) is 6.92 Å². The molecule has 32 heavy (non-hydrogen) atoms. The Morgan fingerprint density at radius 3 is 2.22 bits per heavy atom. The first-order chi connectivity index (χ1) is 15.0. The second kappa shape index (κ2) is 13.1. The van der Waals surface area contributed by atoms with Crippen LogP contribution in [0.5, 0.6) is 0 Å². The Hall–Kier alpha value is -2.61. The molecule has 0 radical (unpaired) electrons. The fourth-order valence-electron chi connectivity index (χ4n) is 3.15. The average Bonchev–Trinajstić information content (AvgIpc) is 2.71. The zero-order valence-corrected chi connectivity index (χ0v) is 20.2. The van der Waals surface area contributed by atoms with Crippen molar-refractivity contribution in [1.82, 2.24) is 15.5 Å². The van der Waals surface area contributed by atoms with Crippen LogP contribution in [-0.2, 0) is 14.3 Å². The second-order valence-corrected chi connectivity index (χ2v) is 8.87. The maximum absolute atomic E-state index is 13.4. The lowest BCUT2D eigenvalue weighted by molar-refractivity contribution is -0.143. The summed E-state index contributed by atoms with van der Waals surface area (Å²) in [6.07, 6.45) is 1.55. The number of carbonyl (C=O) groups excluding carboxylic acids is 3. The molecule has 180 valence electrons. The van der Waals surface area contributed by atoms with Crippen LogP contribution in [-0.4, -0.2) is 59.3 Å². The van der Waals surface area contributed by atoms with E-state index in [1.807, 2.05) is 45.0 Å². The molecule has 0 fully saturated rings. The Morgan fingerprint density at radius 1 is 1.09 bits per heavy atom. The van der Waals surface area contributed by atoms with Gasteiger partial charge in [0.05, 0.1) is 6.61 Å². The third-order valence-corrected chi connectivity index (χ3v) is 4.70. The summed E-state index contributed by atoms with van der Waals surface area (Å²) in [5.74, 6) is -0.838. The van der Waals surface area contributed by atoms with E-state index in [1.165, 1.54) is 4.90 Å². The summed E-state index contributed by atoms with van der Waals surface area (Å²) in [6, 6.07) is 5.31. The van der Waals surface area contributed by atoms with E-state index >= 15 is 0 Å². The normalized spacial score (nSPS) is 13.1. The fourth-order valence-corrected chi connectivity index (χ4v) is 3.15. The standard InChI is InChI=1S/C24H39N3O5/c1-7-9-14-25-21(29)20(18-12-10-17(3)11-13-18)27(15-8-2)22(30)19(16-28)26-23(31)32-24(4,5)6/h10-13,19-20,28H,7-9,14-16H2,1-6H3,(H,25,29)(H,26,31). The van der Waals surface area contributed by atoms with Gasteiger partial charge in [-0.15, -0.1) is 0 Å². The van der Waals surface area contributed by atoms with Crippen molar-refractivity contribution < 1.29 is 24.2 Å². The quantitative estimate of drug-likeness (QED) is 0.450. The van der Waals surface area contributed by atoms with Crippen LogP contribution in [0.25, 0.3) is 0 Å². The topological polar surface area (TPSA) is 108 Å². The van der Waals surface area contributed by atoms with Gasteiger partial charge < -0.3 is 25.4 Å². The molecule has 0 aliphatic rings. The molecule has 0 aromatic heterocycles. The van der Waals surface area contributed by atoms with Gasteiger partial charge in [0, 0.05) is 13.1 Å². The van der Waals surface area contributed by atoms with E-state index < -0.39 is 36.3 Å². The SMILES string of the molecule is CCCCNC(=O)C(c1ccc(C)cc1)N(CCC)C(=O)C(CO)NC(=O)OC(C)(C)C. The molecule has 0 bridgehead atoms. The van der Waals surface area contributed by atoms with Crippen LogP contribution in [0.1, 0.15) is 71.0 Å². The van der Waals surface area contributed by atoms with E-state index in [0.717, 1.165) is 18.4 Å². The van der Waals surface area contributed by atoms with Gasteiger partial charge >= 0.3 is 6.09 Å². The van der Waals surface area contributed by atoms with Gasteiger partial charge in [-0.05, 0) is 46.1 Å². The summed E-state index contributed by atoms with van der Waals surface area (Å²) in [6.45, 7) is 11.2. The lowest BCUT2D eigenvalue weighted by Gasteiger charge is -2.34. The first kappa shape index (κ1) is 27.4. The third-order valence-electron chi connectivity index (χ3n) is 4.70. The first-order valence-electron chi connectivity index (χ1n) is 11.3. The van der Waals surface area contributed by atoms with Gasteiger partial charge in [0.25, 0.3) is 0 Å². The molecule has 1 rings (SSSR count). The fraction of sp³-hybridized carbons (Fsp3) is 0.625. The highest BCUT2D eigenvalue weighted by Gasteiger charge is 2.35. The highest BCUT2D eigenvalue weighted by molar-refractivity contribution is 5.92. The third kappa shape index (κ3) is 8.86. The Balaban J connectivity index is 3.23. The van der Waals surface area contributed by atoms with Crippen molar-refractivity contribution in [3.05, 3.63) is 35.4 Å². The molecule has 3 N–H and O–H groups in total. The van der Waals surface area contributed by atoms with Crippen molar-refractivity contribution >= 4 is 17.9 Å². The van der Waals surface area contributed by atoms with Gasteiger partial charge in [-0.2, -0.15) is 0 Å². The largest absolute Gasteiger partial charge is 0.444 e. The molecular weight excluding hydrogens is 410 g/mol. The van der Waals surface area contributed by atoms with Gasteiger partial charge in [0.15, 0.2) is 0 Å². The predicted molar refractivity (Wildman–Crippen MR) is 124 cm³/mol. The lowest BCUT2D eigenvalue weighted by Crippen LogP contribution is -2.54. The molecule has 1 aromatic rings. The number of aliphatic hydroxyl groups is 1. The Morgan fingerprint density at radius 2 is 1.72 bits per heavy atom. The van der Waals surface area contributed by atoms with Crippen LogP contribution in [0.2, 0.25) is 0 Å². The van der Waals surface area contributed by atoms with Crippen molar-refractivity contribution in [2.75, 3.05) is 19.7 Å². The number of unbranched alkanes of at least 4 members (excludes halogenated alkanes) is 1. The van der Waals surface area contributed by atoms with Crippen LogP contribution < -0.4 is 10.6 Å². The Kier molecular flexibility index (Phi) is 11.2. The van der Waals surface area contributed by atoms with E-state index in [0.29, 0.717) is 18.5 Å². The Bertz CT molecular complexity index is 743. The molecule has 3 amide bonds. The number of benzene rings is 1. The Labute approximate surface area is 191 Å². The molecule has 0 heterocycles. The van der Waals surface area contributed by atoms with Crippen LogP contribution >= 0.6 is 0 Å². The number of hydrogen-bond acceptors (Lipinski definition) is 5. The number of nitrogens with zero attached hydrogens (tertiary/aromatic N) is 1. The minimum absolute atomic E-state index is 0.283. The number of ether oxygens (including phenoxy) is 1. The van der Waals surface area contributed by atoms with Crippen LogP contribution in [0.3, 0.4) is 0 Å². The summed E-state index contributed by atoms with van der Waals surface area (Å²) in [5.41, 5.74) is 0.951. The van der Waals surface area contributed by atoms with Gasteiger partial charge in [0.2, 0.25) is 11.8 Å². The summed E-state index contributed by atoms with van der Waals surface area (Å²) in [4.78, 5) is 40.2. The first-order valence-corrected chi connectivity index (χ1v) is 11.3. The molecule has 0 aliphatic heterocycles. The van der Waals surface area contributed by atoms with E-state index in [4.69, 9.17) is 4.74 Å². The zero-order chi connectivity index (χ0) is 24.3. The number of amides is 3. The van der Waals surface area contributed by atoms with Gasteiger partial charge in [0.1, 0.15) is 17.7 Å². The second-order valence-electron chi connectivity index (χ2n) is 8.87. The van der Waals surface area contributed by atoms with E-state index in [9.17, 15) is 19.5 Å². The van der Waals surface area contributed by atoms with Gasteiger partial charge in [-0.1, -0.05) is 50.1 Å². The minimum Gasteiger partial charge on any atom is -0.444 e. The monoisotopic (exact) mass is 449 g/mol. The lowest BCUT2D eigenvalue weighted by atomic mass is 10.0. The van der Waals surface area contributed by atoms with E-state index in [-0.39, 0.29) is 12.5 Å². The smallest absolute Gasteiger partial charge is 0.408 e. The number of alkyl carbamates (subject to hydrolysis) is 1. The number of carbonyl (C=O) groups is 3. The summed E-state index contributed by atoms with van der Waals surface area (Å²) in [5, 5.41) is 15.2. The summed E-state index contributed by atoms with van der Waals surface area (Å²) >= 11 is 0. The maximum Gasteiger partial charge on any atom is 0.408 e. The number of aliphatic hydroxyl groups excluding tert-OH is 1. The maximum atomic E-state index is 13.4. The van der Waals surface area contributed by atoms with Crippen molar-refractivity contribution in [3.8, 4) is 0 Å².